The number of allylic oxidation sites excluding steroid dienone is 4. The van der Waals surface area contributed by atoms with Gasteiger partial charge in [0.05, 0.1) is 22.3 Å². The molecular weight excluding hydrogens is 544 g/mol. The summed E-state index contributed by atoms with van der Waals surface area (Å²) in [5, 5.41) is 7.25. The van der Waals surface area contributed by atoms with Crippen LogP contribution < -0.4 is 5.32 Å². The Morgan fingerprint density at radius 2 is 1.80 bits per heavy atom. The summed E-state index contributed by atoms with van der Waals surface area (Å²) in [6.07, 6.45) is 2.44. The van der Waals surface area contributed by atoms with Crippen molar-refractivity contribution in [1.29, 1.82) is 0 Å². The molecular formula is C29H37ClF4N6. The van der Waals surface area contributed by atoms with Crippen LogP contribution in [0, 0.1) is 0 Å². The van der Waals surface area contributed by atoms with Crippen LogP contribution in [0.3, 0.4) is 0 Å². The highest BCUT2D eigenvalue weighted by Gasteiger charge is 2.31. The number of halogens is 5. The lowest BCUT2D eigenvalue weighted by Crippen LogP contribution is -2.40. The van der Waals surface area contributed by atoms with Crippen LogP contribution in [0.2, 0.25) is 0 Å². The highest BCUT2D eigenvalue weighted by molar-refractivity contribution is 6.22. The Hall–Kier alpha value is -3.24. The highest BCUT2D eigenvalue weighted by Crippen LogP contribution is 2.35. The molecule has 0 aromatic carbocycles. The van der Waals surface area contributed by atoms with Crippen LogP contribution in [0.25, 0.3) is 22.3 Å². The van der Waals surface area contributed by atoms with E-state index in [1.807, 2.05) is 0 Å². The van der Waals surface area contributed by atoms with Crippen molar-refractivity contribution in [2.45, 2.75) is 58.3 Å². The first-order chi connectivity index (χ1) is 18.9. The summed E-state index contributed by atoms with van der Waals surface area (Å²) in [6.45, 7) is 16.9. The summed E-state index contributed by atoms with van der Waals surface area (Å²) in [6, 6.07) is 4.77. The third-order valence-corrected chi connectivity index (χ3v) is 6.04. The first kappa shape index (κ1) is 33.0. The fraction of sp³-hybridized carbons (Fsp3) is 0.414. The summed E-state index contributed by atoms with van der Waals surface area (Å²) in [5.74, 6) is 0.378. The second-order valence-electron chi connectivity index (χ2n) is 9.44. The molecule has 0 saturated carbocycles. The molecule has 3 aromatic rings. The lowest BCUT2D eigenvalue weighted by Gasteiger charge is -2.30. The Balaban J connectivity index is 0.00000274. The normalized spacial score (nSPS) is 13.4. The molecule has 3 heterocycles. The molecule has 0 aliphatic rings. The van der Waals surface area contributed by atoms with Crippen molar-refractivity contribution >= 4 is 28.6 Å². The molecule has 6 nitrogen and oxygen atoms in total. The van der Waals surface area contributed by atoms with Crippen molar-refractivity contribution in [1.82, 2.24) is 24.5 Å². The molecule has 40 heavy (non-hydrogen) atoms. The van der Waals surface area contributed by atoms with E-state index in [0.717, 1.165) is 18.8 Å². The van der Waals surface area contributed by atoms with Gasteiger partial charge in [0, 0.05) is 42.9 Å². The average Bonchev–Trinajstić information content (AvgIpc) is 3.28. The fourth-order valence-corrected chi connectivity index (χ4v) is 4.43. The number of pyridine rings is 1. The Morgan fingerprint density at radius 1 is 1.12 bits per heavy atom. The fourth-order valence-electron chi connectivity index (χ4n) is 4.30. The first-order valence-electron chi connectivity index (χ1n) is 12.9. The lowest BCUT2D eigenvalue weighted by molar-refractivity contribution is -0.137. The number of nitrogens with zero attached hydrogens (tertiary/aromatic N) is 5. The van der Waals surface area contributed by atoms with Crippen LogP contribution in [0.5, 0.6) is 0 Å². The quantitative estimate of drug-likeness (QED) is 0.109. The van der Waals surface area contributed by atoms with Gasteiger partial charge in [0.1, 0.15) is 12.4 Å². The van der Waals surface area contributed by atoms with Crippen molar-refractivity contribution in [3.8, 4) is 11.3 Å². The van der Waals surface area contributed by atoms with Crippen LogP contribution in [0.15, 0.2) is 62.0 Å². The zero-order chi connectivity index (χ0) is 30.0. The molecule has 0 aliphatic carbocycles. The zero-order valence-corrected chi connectivity index (χ0v) is 24.3. The van der Waals surface area contributed by atoms with Gasteiger partial charge in [0.15, 0.2) is 0 Å². The molecule has 0 amide bonds. The molecule has 0 radical (unpaired) electrons. The molecule has 1 atom stereocenters. The summed E-state index contributed by atoms with van der Waals surface area (Å²) in [4.78, 5) is 11.3. The third-order valence-electron chi connectivity index (χ3n) is 5.92. The summed E-state index contributed by atoms with van der Waals surface area (Å²) in [5.41, 5.74) is 1.31. The van der Waals surface area contributed by atoms with Crippen molar-refractivity contribution in [2.24, 2.45) is 0 Å². The average molecular weight is 581 g/mol. The SMILES string of the molecule is C=C.CC(Cl)/C=C(\C=C/CF)c1nn2cc(C(F)(F)F)ccc2c1-c1ccnc(NCCN(C(C)C)C(C)C)n1. The van der Waals surface area contributed by atoms with Crippen LogP contribution in [-0.4, -0.2) is 61.7 Å². The summed E-state index contributed by atoms with van der Waals surface area (Å²) in [7, 11) is 0. The standard InChI is InChI=1S/C27H33ClF4N6.C2H4/c1-17(2)37(18(3)4)14-13-34-26-33-12-10-22(35-26)24-23-9-8-21(27(30,31)32)16-38(23)36-25(24)20(7-6-11-29)15-19(5)28;1-2/h6-10,12,15-19H,11,13-14H2,1-5H3,(H,33,34,35);1-2H2/b7-6-,20-15+;. The largest absolute Gasteiger partial charge is 0.417 e. The van der Waals surface area contributed by atoms with Gasteiger partial charge in [0.2, 0.25) is 5.95 Å². The molecule has 0 bridgehead atoms. The minimum absolute atomic E-state index is 0.331. The molecule has 0 saturated heterocycles. The van der Waals surface area contributed by atoms with Gasteiger partial charge in [-0.3, -0.25) is 4.90 Å². The monoisotopic (exact) mass is 580 g/mol. The molecule has 0 spiro atoms. The van der Waals surface area contributed by atoms with E-state index in [1.165, 1.54) is 22.7 Å². The van der Waals surface area contributed by atoms with Crippen molar-refractivity contribution in [2.75, 3.05) is 25.1 Å². The number of nitrogens with one attached hydrogen (secondary N) is 1. The van der Waals surface area contributed by atoms with E-state index < -0.39 is 23.8 Å². The van der Waals surface area contributed by atoms with Crippen molar-refractivity contribution in [3.63, 3.8) is 0 Å². The number of hydrogen-bond acceptors (Lipinski definition) is 5. The topological polar surface area (TPSA) is 58.4 Å². The number of anilines is 1. The third kappa shape index (κ3) is 8.63. The van der Waals surface area contributed by atoms with E-state index in [9.17, 15) is 17.6 Å². The van der Waals surface area contributed by atoms with Crippen molar-refractivity contribution in [3.05, 3.63) is 73.2 Å². The Morgan fingerprint density at radius 3 is 2.38 bits per heavy atom. The van der Waals surface area contributed by atoms with E-state index in [1.54, 1.807) is 25.3 Å². The molecule has 0 aliphatic heterocycles. The first-order valence-corrected chi connectivity index (χ1v) is 13.4. The van der Waals surface area contributed by atoms with Gasteiger partial charge in [-0.05, 0) is 58.4 Å². The Kier molecular flexibility index (Phi) is 12.3. The van der Waals surface area contributed by atoms with Gasteiger partial charge < -0.3 is 5.32 Å². The molecule has 1 N–H and O–H groups in total. The van der Waals surface area contributed by atoms with Gasteiger partial charge in [-0.25, -0.2) is 18.9 Å². The number of alkyl halides is 5. The maximum atomic E-state index is 13.4. The molecule has 11 heteroatoms. The number of fused-ring (bicyclic) bond motifs is 1. The molecule has 218 valence electrons. The second-order valence-corrected chi connectivity index (χ2v) is 10.1. The van der Waals surface area contributed by atoms with Crippen LogP contribution in [0.1, 0.15) is 45.9 Å². The Labute approximate surface area is 238 Å². The molecule has 3 aromatic heterocycles. The summed E-state index contributed by atoms with van der Waals surface area (Å²) >= 11 is 6.21. The number of rotatable bonds is 11. The van der Waals surface area contributed by atoms with E-state index in [4.69, 9.17) is 11.6 Å². The van der Waals surface area contributed by atoms with Gasteiger partial charge in [0.25, 0.3) is 0 Å². The predicted molar refractivity (Wildman–Crippen MR) is 156 cm³/mol. The zero-order valence-electron chi connectivity index (χ0n) is 23.5. The minimum Gasteiger partial charge on any atom is -0.353 e. The van der Waals surface area contributed by atoms with E-state index in [-0.39, 0.29) is 0 Å². The molecule has 0 fully saturated rings. The van der Waals surface area contributed by atoms with Crippen molar-refractivity contribution < 1.29 is 17.6 Å². The van der Waals surface area contributed by atoms with Crippen LogP contribution >= 0.6 is 11.6 Å². The number of hydrogen-bond donors (Lipinski definition) is 1. The maximum Gasteiger partial charge on any atom is 0.417 e. The Bertz CT molecular complexity index is 1290. The second kappa shape index (κ2) is 14.9. The van der Waals surface area contributed by atoms with E-state index in [0.29, 0.717) is 52.6 Å². The van der Waals surface area contributed by atoms with Crippen LogP contribution in [-0.2, 0) is 6.18 Å². The van der Waals surface area contributed by atoms with E-state index in [2.05, 4.69) is 66.1 Å². The van der Waals surface area contributed by atoms with Crippen LogP contribution in [0.4, 0.5) is 23.5 Å². The van der Waals surface area contributed by atoms with Gasteiger partial charge in [-0.2, -0.15) is 18.3 Å². The van der Waals surface area contributed by atoms with Gasteiger partial charge >= 0.3 is 6.18 Å². The molecule has 1 unspecified atom stereocenters. The number of aromatic nitrogens is 4. The maximum absolute atomic E-state index is 13.4. The van der Waals surface area contributed by atoms with Gasteiger partial charge in [-0.1, -0.05) is 18.2 Å². The smallest absolute Gasteiger partial charge is 0.353 e. The predicted octanol–water partition coefficient (Wildman–Crippen LogP) is 7.68. The lowest BCUT2D eigenvalue weighted by atomic mass is 10.0. The molecule has 3 rings (SSSR count). The highest BCUT2D eigenvalue weighted by atomic mass is 35.5. The van der Waals surface area contributed by atoms with Gasteiger partial charge in [-0.15, -0.1) is 24.8 Å². The minimum atomic E-state index is -4.54. The summed E-state index contributed by atoms with van der Waals surface area (Å²) < 4.78 is 54.4. The van der Waals surface area contributed by atoms with E-state index >= 15 is 0 Å².